The molecule has 84 valence electrons. The molecule has 0 saturated heterocycles. The maximum Gasteiger partial charge on any atom is 0.223 e. The van der Waals surface area contributed by atoms with Crippen molar-refractivity contribution in [2.45, 2.75) is 13.8 Å². The molecule has 0 fully saturated rings. The zero-order valence-electron chi connectivity index (χ0n) is 9.81. The highest BCUT2D eigenvalue weighted by atomic mass is 16.2. The third-order valence-corrected chi connectivity index (χ3v) is 2.26. The van der Waals surface area contributed by atoms with E-state index in [1.807, 2.05) is 37.3 Å². The van der Waals surface area contributed by atoms with E-state index < -0.39 is 0 Å². The summed E-state index contributed by atoms with van der Waals surface area (Å²) in [5.41, 5.74) is 2.27. The van der Waals surface area contributed by atoms with Crippen LogP contribution in [0.3, 0.4) is 0 Å². The molecule has 2 heteroatoms. The van der Waals surface area contributed by atoms with Crippen LogP contribution in [0.4, 0.5) is 0 Å². The van der Waals surface area contributed by atoms with E-state index in [1.165, 1.54) is 6.92 Å². The van der Waals surface area contributed by atoms with Crippen LogP contribution in [0.2, 0.25) is 0 Å². The molecule has 0 aliphatic rings. The molecule has 0 N–H and O–H groups in total. The molecule has 0 heterocycles. The van der Waals surface area contributed by atoms with Gasteiger partial charge in [-0.15, -0.1) is 0 Å². The molecule has 0 spiro atoms. The van der Waals surface area contributed by atoms with Crippen LogP contribution in [-0.2, 0) is 4.79 Å². The van der Waals surface area contributed by atoms with Gasteiger partial charge in [0.2, 0.25) is 5.91 Å². The SMILES string of the molecule is C=CN(C/C(C)=C\c1ccccc1)C(C)=O. The minimum atomic E-state index is 0.0100. The van der Waals surface area contributed by atoms with Gasteiger partial charge >= 0.3 is 0 Å². The maximum atomic E-state index is 11.2. The maximum absolute atomic E-state index is 11.2. The molecule has 0 aliphatic carbocycles. The Morgan fingerprint density at radius 3 is 2.44 bits per heavy atom. The van der Waals surface area contributed by atoms with E-state index in [-0.39, 0.29) is 5.91 Å². The lowest BCUT2D eigenvalue weighted by Crippen LogP contribution is -2.24. The monoisotopic (exact) mass is 215 g/mol. The summed E-state index contributed by atoms with van der Waals surface area (Å²) in [7, 11) is 0. The van der Waals surface area contributed by atoms with Crippen molar-refractivity contribution in [3.8, 4) is 0 Å². The second-order valence-corrected chi connectivity index (χ2v) is 3.73. The van der Waals surface area contributed by atoms with Gasteiger partial charge in [0.05, 0.1) is 0 Å². The Kier molecular flexibility index (Phi) is 4.52. The molecule has 0 aliphatic heterocycles. The van der Waals surface area contributed by atoms with Crippen LogP contribution in [0, 0.1) is 0 Å². The first-order chi connectivity index (χ1) is 7.63. The summed E-state index contributed by atoms with van der Waals surface area (Å²) in [4.78, 5) is 12.8. The molecule has 1 amide bonds. The Hall–Kier alpha value is -1.83. The Bertz CT molecular complexity index is 392. The first-order valence-electron chi connectivity index (χ1n) is 5.25. The van der Waals surface area contributed by atoms with E-state index in [0.29, 0.717) is 6.54 Å². The smallest absolute Gasteiger partial charge is 0.223 e. The summed E-state index contributed by atoms with van der Waals surface area (Å²) < 4.78 is 0. The highest BCUT2D eigenvalue weighted by molar-refractivity contribution is 5.74. The molecule has 0 aromatic heterocycles. The van der Waals surface area contributed by atoms with Crippen LogP contribution < -0.4 is 0 Å². The summed E-state index contributed by atoms with van der Waals surface area (Å²) in [6.07, 6.45) is 3.63. The van der Waals surface area contributed by atoms with Crippen molar-refractivity contribution >= 4 is 12.0 Å². The second-order valence-electron chi connectivity index (χ2n) is 3.73. The fourth-order valence-electron chi connectivity index (χ4n) is 1.45. The van der Waals surface area contributed by atoms with Gasteiger partial charge in [0, 0.05) is 13.5 Å². The van der Waals surface area contributed by atoms with Gasteiger partial charge in [-0.25, -0.2) is 0 Å². The van der Waals surface area contributed by atoms with Crippen LogP contribution in [-0.4, -0.2) is 17.4 Å². The molecule has 0 bridgehead atoms. The Labute approximate surface area is 96.9 Å². The van der Waals surface area contributed by atoms with Gasteiger partial charge in [0.25, 0.3) is 0 Å². The molecule has 16 heavy (non-hydrogen) atoms. The van der Waals surface area contributed by atoms with Gasteiger partial charge in [-0.1, -0.05) is 48.6 Å². The largest absolute Gasteiger partial charge is 0.316 e. The number of hydrogen-bond donors (Lipinski definition) is 0. The van der Waals surface area contributed by atoms with E-state index >= 15 is 0 Å². The molecular weight excluding hydrogens is 198 g/mol. The van der Waals surface area contributed by atoms with E-state index in [2.05, 4.69) is 12.7 Å². The average Bonchev–Trinajstić information content (AvgIpc) is 2.27. The van der Waals surface area contributed by atoms with Crippen molar-refractivity contribution in [1.29, 1.82) is 0 Å². The first-order valence-corrected chi connectivity index (χ1v) is 5.25. The van der Waals surface area contributed by atoms with Gasteiger partial charge < -0.3 is 4.90 Å². The topological polar surface area (TPSA) is 20.3 Å². The quantitative estimate of drug-likeness (QED) is 0.755. The van der Waals surface area contributed by atoms with E-state index in [9.17, 15) is 4.79 Å². The highest BCUT2D eigenvalue weighted by Gasteiger charge is 2.04. The molecule has 1 aromatic rings. The van der Waals surface area contributed by atoms with Crippen LogP contribution in [0.5, 0.6) is 0 Å². The summed E-state index contributed by atoms with van der Waals surface area (Å²) in [5, 5.41) is 0. The minimum absolute atomic E-state index is 0.0100. The third kappa shape index (κ3) is 3.73. The van der Waals surface area contributed by atoms with E-state index in [1.54, 1.807) is 11.1 Å². The van der Waals surface area contributed by atoms with Crippen LogP contribution in [0.25, 0.3) is 6.08 Å². The number of carbonyl (C=O) groups is 1. The number of carbonyl (C=O) groups excluding carboxylic acids is 1. The summed E-state index contributed by atoms with van der Waals surface area (Å²) >= 11 is 0. The van der Waals surface area contributed by atoms with Crippen molar-refractivity contribution in [1.82, 2.24) is 4.90 Å². The zero-order valence-corrected chi connectivity index (χ0v) is 9.81. The number of nitrogens with zero attached hydrogens (tertiary/aromatic N) is 1. The number of rotatable bonds is 4. The van der Waals surface area contributed by atoms with Crippen molar-refractivity contribution < 1.29 is 4.79 Å². The number of hydrogen-bond acceptors (Lipinski definition) is 1. The molecule has 0 atom stereocenters. The molecule has 1 aromatic carbocycles. The van der Waals surface area contributed by atoms with Crippen LogP contribution >= 0.6 is 0 Å². The predicted molar refractivity (Wildman–Crippen MR) is 67.7 cm³/mol. The Morgan fingerprint density at radius 2 is 1.94 bits per heavy atom. The predicted octanol–water partition coefficient (Wildman–Crippen LogP) is 3.08. The van der Waals surface area contributed by atoms with Crippen LogP contribution in [0.1, 0.15) is 19.4 Å². The Balaban J connectivity index is 2.71. The van der Waals surface area contributed by atoms with E-state index in [0.717, 1.165) is 11.1 Å². The van der Waals surface area contributed by atoms with E-state index in [4.69, 9.17) is 0 Å². The lowest BCUT2D eigenvalue weighted by Gasteiger charge is -2.15. The zero-order chi connectivity index (χ0) is 12.0. The fourth-order valence-corrected chi connectivity index (χ4v) is 1.45. The van der Waals surface area contributed by atoms with Gasteiger partial charge in [-0.3, -0.25) is 4.79 Å². The normalized spacial score (nSPS) is 11.0. The standard InChI is InChI=1S/C14H17NO/c1-4-15(13(3)16)11-12(2)10-14-8-6-5-7-9-14/h4-10H,1,11H2,2-3H3/b12-10-. The Morgan fingerprint density at radius 1 is 1.31 bits per heavy atom. The molecule has 2 nitrogen and oxygen atoms in total. The van der Waals surface area contributed by atoms with Gasteiger partial charge in [0.15, 0.2) is 0 Å². The highest BCUT2D eigenvalue weighted by Crippen LogP contribution is 2.07. The lowest BCUT2D eigenvalue weighted by atomic mass is 10.1. The van der Waals surface area contributed by atoms with Crippen molar-refractivity contribution in [3.05, 3.63) is 54.2 Å². The molecule has 1 rings (SSSR count). The first kappa shape index (κ1) is 12.2. The second kappa shape index (κ2) is 5.91. The van der Waals surface area contributed by atoms with Gasteiger partial charge in [-0.05, 0) is 18.7 Å². The summed E-state index contributed by atoms with van der Waals surface area (Å²) in [6, 6.07) is 10.0. The van der Waals surface area contributed by atoms with Gasteiger partial charge in [-0.2, -0.15) is 0 Å². The lowest BCUT2D eigenvalue weighted by molar-refractivity contribution is -0.125. The fraction of sp³-hybridized carbons (Fsp3) is 0.214. The molecule has 0 saturated carbocycles. The minimum Gasteiger partial charge on any atom is -0.316 e. The van der Waals surface area contributed by atoms with Crippen molar-refractivity contribution in [2.75, 3.05) is 6.54 Å². The van der Waals surface area contributed by atoms with Gasteiger partial charge in [0.1, 0.15) is 0 Å². The van der Waals surface area contributed by atoms with Crippen molar-refractivity contribution in [2.24, 2.45) is 0 Å². The summed E-state index contributed by atoms with van der Waals surface area (Å²) in [5.74, 6) is 0.0100. The van der Waals surface area contributed by atoms with Crippen LogP contribution in [0.15, 0.2) is 48.7 Å². The molecule has 0 radical (unpaired) electrons. The number of benzene rings is 1. The van der Waals surface area contributed by atoms with Crippen molar-refractivity contribution in [3.63, 3.8) is 0 Å². The average molecular weight is 215 g/mol. The number of amides is 1. The molecule has 0 unspecified atom stereocenters. The molecular formula is C14H17NO. The third-order valence-electron chi connectivity index (χ3n) is 2.26. The summed E-state index contributed by atoms with van der Waals surface area (Å²) in [6.45, 7) is 7.76.